The zero-order valence-electron chi connectivity index (χ0n) is 16.4. The van der Waals surface area contributed by atoms with Crippen LogP contribution in [-0.4, -0.2) is 50.2 Å². The average molecular weight is 415 g/mol. The zero-order chi connectivity index (χ0) is 18.2. The molecule has 1 heterocycles. The molecule has 0 amide bonds. The minimum absolute atomic E-state index is 0.772. The summed E-state index contributed by atoms with van der Waals surface area (Å²) in [6.07, 6.45) is 0.938. The Kier molecular flexibility index (Phi) is 6.87. The summed E-state index contributed by atoms with van der Waals surface area (Å²) in [4.78, 5) is 0. The van der Waals surface area contributed by atoms with Gasteiger partial charge in [0.05, 0.1) is 0 Å². The summed E-state index contributed by atoms with van der Waals surface area (Å²) < 4.78 is 37.9. The van der Waals surface area contributed by atoms with Crippen molar-refractivity contribution in [1.29, 1.82) is 0 Å². The van der Waals surface area contributed by atoms with Gasteiger partial charge in [0.15, 0.2) is 0 Å². The molecule has 0 aromatic carbocycles. The third kappa shape index (κ3) is 6.93. The molecule has 1 saturated heterocycles. The van der Waals surface area contributed by atoms with E-state index in [1.54, 1.807) is 7.11 Å². The molecular weight excluding hydrogens is 381 g/mol. The van der Waals surface area contributed by atoms with Crippen molar-refractivity contribution < 1.29 is 25.0 Å². The van der Waals surface area contributed by atoms with Crippen LogP contribution in [0.1, 0.15) is 13.3 Å². The maximum absolute atomic E-state index is 6.47. The maximum Gasteiger partial charge on any atom is 0.482 e. The highest BCUT2D eigenvalue weighted by Crippen LogP contribution is 2.33. The van der Waals surface area contributed by atoms with E-state index in [2.05, 4.69) is 59.3 Å². The van der Waals surface area contributed by atoms with Gasteiger partial charge < -0.3 is 25.0 Å². The molecule has 6 nitrogen and oxygen atoms in total. The number of hydrogen-bond donors (Lipinski definition) is 0. The second-order valence-corrected chi connectivity index (χ2v) is 25.3. The van der Waals surface area contributed by atoms with Gasteiger partial charge in [-0.1, -0.05) is 13.3 Å². The smallest absolute Gasteiger partial charge is 0.416 e. The van der Waals surface area contributed by atoms with Crippen LogP contribution in [-0.2, 0) is 25.0 Å². The van der Waals surface area contributed by atoms with Crippen LogP contribution in [0.4, 0.5) is 0 Å². The fourth-order valence-electron chi connectivity index (χ4n) is 3.22. The predicted molar refractivity (Wildman–Crippen MR) is 103 cm³/mol. The second-order valence-electron chi connectivity index (χ2n) is 7.75. The van der Waals surface area contributed by atoms with Gasteiger partial charge in [0, 0.05) is 13.2 Å². The molecule has 1 aliphatic heterocycles. The molecule has 0 atom stereocenters. The van der Waals surface area contributed by atoms with Crippen LogP contribution < -0.4 is 0 Å². The zero-order valence-corrected chi connectivity index (χ0v) is 21.4. The molecule has 1 rings (SSSR count). The van der Waals surface area contributed by atoms with Gasteiger partial charge in [0.1, 0.15) is 0 Å². The maximum atomic E-state index is 6.47. The van der Waals surface area contributed by atoms with E-state index in [1.807, 2.05) is 0 Å². The lowest BCUT2D eigenvalue weighted by Gasteiger charge is -2.47. The first-order chi connectivity index (χ1) is 10.2. The van der Waals surface area contributed by atoms with Crippen molar-refractivity contribution in [2.45, 2.75) is 71.8 Å². The lowest BCUT2D eigenvalue weighted by atomic mass is 10.6. The summed E-state index contributed by atoms with van der Waals surface area (Å²) >= 11 is 0. The molecule has 0 aromatic rings. The molecule has 0 saturated carbocycles. The van der Waals surface area contributed by atoms with Crippen molar-refractivity contribution in [2.75, 3.05) is 7.11 Å². The first kappa shape index (κ1) is 21.9. The molecule has 0 aromatic heterocycles. The third-order valence-corrected chi connectivity index (χ3v) is 23.1. The van der Waals surface area contributed by atoms with Crippen LogP contribution in [0.5, 0.6) is 0 Å². The fourth-order valence-corrected chi connectivity index (χ4v) is 28.4. The summed E-state index contributed by atoms with van der Waals surface area (Å²) in [6, 6.07) is 0.772. The standard InChI is InChI=1S/C12H34O6Si5/c1-11-12-23(13-2)17-21(7,8)15-19(3,4)14-20(5,6)16-22(9,10)18-23/h11-12H2,1-10H3. The van der Waals surface area contributed by atoms with Gasteiger partial charge in [-0.2, -0.15) is 0 Å². The van der Waals surface area contributed by atoms with Crippen LogP contribution in [0.3, 0.4) is 0 Å². The minimum atomic E-state index is -2.83. The number of rotatable bonds is 3. The van der Waals surface area contributed by atoms with Gasteiger partial charge in [-0.25, -0.2) is 0 Å². The molecule has 11 heteroatoms. The van der Waals surface area contributed by atoms with Crippen LogP contribution in [0.2, 0.25) is 58.4 Å². The Labute approximate surface area is 147 Å². The van der Waals surface area contributed by atoms with Crippen molar-refractivity contribution in [3.8, 4) is 0 Å². The van der Waals surface area contributed by atoms with Gasteiger partial charge in [-0.3, -0.25) is 0 Å². The van der Waals surface area contributed by atoms with E-state index in [4.69, 9.17) is 25.0 Å². The van der Waals surface area contributed by atoms with E-state index >= 15 is 0 Å². The van der Waals surface area contributed by atoms with Crippen LogP contribution in [0, 0.1) is 0 Å². The average Bonchev–Trinajstić information content (AvgIpc) is 2.20. The van der Waals surface area contributed by atoms with Crippen molar-refractivity contribution in [3.05, 3.63) is 0 Å². The monoisotopic (exact) mass is 414 g/mol. The SMILES string of the molecule is CCC[Si]1(OC)O[Si](C)(C)O[Si](C)(C)O[Si](C)(C)O[Si](C)(C)O1. The van der Waals surface area contributed by atoms with Crippen molar-refractivity contribution in [3.63, 3.8) is 0 Å². The highest BCUT2D eigenvalue weighted by Gasteiger charge is 2.55. The molecule has 0 unspecified atom stereocenters. The lowest BCUT2D eigenvalue weighted by Crippen LogP contribution is -2.66. The Bertz CT molecular complexity index is 385. The summed E-state index contributed by atoms with van der Waals surface area (Å²) in [5, 5.41) is 0. The van der Waals surface area contributed by atoms with Crippen molar-refractivity contribution in [1.82, 2.24) is 0 Å². The quantitative estimate of drug-likeness (QED) is 0.653. The van der Waals surface area contributed by atoms with E-state index in [1.165, 1.54) is 0 Å². The summed E-state index contributed by atoms with van der Waals surface area (Å²) in [7, 11) is -10.7. The van der Waals surface area contributed by atoms with Crippen molar-refractivity contribution in [2.24, 2.45) is 0 Å². The molecule has 0 spiro atoms. The van der Waals surface area contributed by atoms with Gasteiger partial charge in [0.2, 0.25) is 0 Å². The Hall–Kier alpha value is 0.844. The molecule has 1 aliphatic rings. The summed E-state index contributed by atoms with van der Waals surface area (Å²) in [5.74, 6) is 0. The van der Waals surface area contributed by atoms with E-state index in [-0.39, 0.29) is 0 Å². The molecule has 1 fully saturated rings. The van der Waals surface area contributed by atoms with Gasteiger partial charge in [-0.15, -0.1) is 0 Å². The van der Waals surface area contributed by atoms with E-state index in [0.29, 0.717) is 0 Å². The van der Waals surface area contributed by atoms with Crippen LogP contribution in [0.15, 0.2) is 0 Å². The Balaban J connectivity index is 3.29. The first-order valence-corrected chi connectivity index (χ1v) is 21.4. The molecule has 138 valence electrons. The largest absolute Gasteiger partial charge is 0.482 e. The molecule has 23 heavy (non-hydrogen) atoms. The van der Waals surface area contributed by atoms with Crippen LogP contribution in [0.25, 0.3) is 0 Å². The summed E-state index contributed by atoms with van der Waals surface area (Å²) in [5.41, 5.74) is 0. The Morgan fingerprint density at radius 3 is 1.17 bits per heavy atom. The van der Waals surface area contributed by atoms with E-state index < -0.39 is 43.0 Å². The fraction of sp³-hybridized carbons (Fsp3) is 1.00. The minimum Gasteiger partial charge on any atom is -0.416 e. The molecular formula is C12H34O6Si5. The molecule has 0 aliphatic carbocycles. The van der Waals surface area contributed by atoms with E-state index in [9.17, 15) is 0 Å². The highest BCUT2D eigenvalue weighted by atomic mass is 28.5. The normalized spacial score (nSPS) is 29.0. The highest BCUT2D eigenvalue weighted by molar-refractivity contribution is 6.92. The van der Waals surface area contributed by atoms with Crippen molar-refractivity contribution >= 4 is 43.0 Å². The van der Waals surface area contributed by atoms with E-state index in [0.717, 1.165) is 12.5 Å². The first-order valence-electron chi connectivity index (χ1n) is 8.21. The third-order valence-electron chi connectivity index (χ3n) is 3.14. The Morgan fingerprint density at radius 1 is 0.609 bits per heavy atom. The van der Waals surface area contributed by atoms with Crippen LogP contribution >= 0.6 is 0 Å². The topological polar surface area (TPSA) is 55.4 Å². The molecule has 0 radical (unpaired) electrons. The molecule has 0 N–H and O–H groups in total. The number of hydrogen-bond acceptors (Lipinski definition) is 6. The van der Waals surface area contributed by atoms with Gasteiger partial charge >= 0.3 is 43.0 Å². The Morgan fingerprint density at radius 2 is 0.913 bits per heavy atom. The van der Waals surface area contributed by atoms with Gasteiger partial charge in [-0.05, 0) is 52.4 Å². The lowest BCUT2D eigenvalue weighted by molar-refractivity contribution is 0.153. The van der Waals surface area contributed by atoms with Gasteiger partial charge in [0.25, 0.3) is 0 Å². The summed E-state index contributed by atoms with van der Waals surface area (Å²) in [6.45, 7) is 18.6. The second kappa shape index (κ2) is 7.22. The predicted octanol–water partition coefficient (Wildman–Crippen LogP) is 3.89. The molecule has 0 bridgehead atoms.